The first-order valence-electron chi connectivity index (χ1n) is 8.07. The van der Waals surface area contributed by atoms with E-state index in [0.717, 1.165) is 31.9 Å². The van der Waals surface area contributed by atoms with E-state index in [1.165, 1.54) is 0 Å². The summed E-state index contributed by atoms with van der Waals surface area (Å²) >= 11 is 6.00. The summed E-state index contributed by atoms with van der Waals surface area (Å²) in [5.74, 6) is 0.872. The van der Waals surface area contributed by atoms with E-state index in [2.05, 4.69) is 27.3 Å². The van der Waals surface area contributed by atoms with Crippen LogP contribution in [0.5, 0.6) is 0 Å². The monoisotopic (exact) mass is 348 g/mol. The van der Waals surface area contributed by atoms with Crippen LogP contribution in [0.4, 0.5) is 0 Å². The number of tetrazole rings is 1. The number of aryl methyl sites for hydroxylation is 1. The van der Waals surface area contributed by atoms with Gasteiger partial charge in [-0.25, -0.2) is 4.68 Å². The summed E-state index contributed by atoms with van der Waals surface area (Å²) < 4.78 is 1.70. The molecule has 1 amide bonds. The van der Waals surface area contributed by atoms with Crippen LogP contribution < -0.4 is 0 Å². The van der Waals surface area contributed by atoms with Crippen LogP contribution in [-0.4, -0.2) is 62.1 Å². The molecule has 128 valence electrons. The zero-order chi connectivity index (χ0) is 17.1. The van der Waals surface area contributed by atoms with Crippen LogP contribution in [-0.2, 0) is 7.05 Å². The fourth-order valence-corrected chi connectivity index (χ4v) is 3.28. The SMILES string of the molecule is C[C@@H](c1nnnn1C)N1CCCN(C(=O)c2cccc(Cl)c2)CC1. The largest absolute Gasteiger partial charge is 0.337 e. The molecule has 1 aromatic carbocycles. The van der Waals surface area contributed by atoms with Gasteiger partial charge in [-0.1, -0.05) is 17.7 Å². The zero-order valence-electron chi connectivity index (χ0n) is 13.9. The van der Waals surface area contributed by atoms with Crippen molar-refractivity contribution in [3.63, 3.8) is 0 Å². The number of hydrogen-bond acceptors (Lipinski definition) is 5. The minimum Gasteiger partial charge on any atom is -0.337 e. The van der Waals surface area contributed by atoms with Gasteiger partial charge in [0.15, 0.2) is 5.82 Å². The van der Waals surface area contributed by atoms with E-state index in [9.17, 15) is 4.79 Å². The van der Waals surface area contributed by atoms with Crippen molar-refractivity contribution in [2.45, 2.75) is 19.4 Å². The average molecular weight is 349 g/mol. The maximum atomic E-state index is 12.7. The van der Waals surface area contributed by atoms with E-state index in [1.54, 1.807) is 16.8 Å². The highest BCUT2D eigenvalue weighted by Gasteiger charge is 2.25. The average Bonchev–Trinajstić information content (AvgIpc) is 2.85. The van der Waals surface area contributed by atoms with Crippen molar-refractivity contribution < 1.29 is 4.79 Å². The lowest BCUT2D eigenvalue weighted by molar-refractivity contribution is 0.0758. The molecule has 1 aliphatic heterocycles. The summed E-state index contributed by atoms with van der Waals surface area (Å²) in [5, 5.41) is 12.3. The van der Waals surface area contributed by atoms with Crippen LogP contribution in [0.1, 0.15) is 35.6 Å². The first-order valence-corrected chi connectivity index (χ1v) is 8.45. The predicted octanol–water partition coefficient (Wildman–Crippen LogP) is 1.77. The van der Waals surface area contributed by atoms with Gasteiger partial charge in [-0.3, -0.25) is 9.69 Å². The molecule has 0 saturated carbocycles. The van der Waals surface area contributed by atoms with Crippen molar-refractivity contribution in [1.82, 2.24) is 30.0 Å². The summed E-state index contributed by atoms with van der Waals surface area (Å²) in [6.45, 7) is 5.22. The Balaban J connectivity index is 1.67. The highest BCUT2D eigenvalue weighted by atomic mass is 35.5. The topological polar surface area (TPSA) is 67.2 Å². The molecule has 0 radical (unpaired) electrons. The first kappa shape index (κ1) is 16.9. The van der Waals surface area contributed by atoms with E-state index in [0.29, 0.717) is 17.1 Å². The molecule has 3 rings (SSSR count). The Morgan fingerprint density at radius 2 is 2.08 bits per heavy atom. The number of amides is 1. The molecule has 0 unspecified atom stereocenters. The molecule has 2 aromatic rings. The molecular formula is C16H21ClN6O. The van der Waals surface area contributed by atoms with Gasteiger partial charge >= 0.3 is 0 Å². The number of carbonyl (C=O) groups is 1. The van der Waals surface area contributed by atoms with Crippen molar-refractivity contribution in [3.05, 3.63) is 40.7 Å². The first-order chi connectivity index (χ1) is 11.6. The number of carbonyl (C=O) groups excluding carboxylic acids is 1. The molecule has 1 aliphatic rings. The lowest BCUT2D eigenvalue weighted by Crippen LogP contribution is -2.36. The van der Waals surface area contributed by atoms with Gasteiger partial charge < -0.3 is 4.90 Å². The molecule has 24 heavy (non-hydrogen) atoms. The smallest absolute Gasteiger partial charge is 0.253 e. The highest BCUT2D eigenvalue weighted by molar-refractivity contribution is 6.30. The van der Waals surface area contributed by atoms with Gasteiger partial charge in [0.2, 0.25) is 0 Å². The number of benzene rings is 1. The third-order valence-electron chi connectivity index (χ3n) is 4.46. The van der Waals surface area contributed by atoms with Crippen molar-refractivity contribution in [2.24, 2.45) is 7.05 Å². The summed E-state index contributed by atoms with van der Waals surface area (Å²) in [7, 11) is 1.85. The van der Waals surface area contributed by atoms with Crippen molar-refractivity contribution in [1.29, 1.82) is 0 Å². The summed E-state index contributed by atoms with van der Waals surface area (Å²) in [6.07, 6.45) is 0.919. The van der Waals surface area contributed by atoms with E-state index >= 15 is 0 Å². The standard InChI is InChI=1S/C16H21ClN6O/c1-12(15-18-19-20-21(15)2)22-7-4-8-23(10-9-22)16(24)13-5-3-6-14(17)11-13/h3,5-6,11-12H,4,7-10H2,1-2H3/t12-/m0/s1. The Kier molecular flexibility index (Phi) is 5.11. The van der Waals surface area contributed by atoms with Crippen LogP contribution in [0.25, 0.3) is 0 Å². The van der Waals surface area contributed by atoms with Crippen LogP contribution in [0.3, 0.4) is 0 Å². The Morgan fingerprint density at radius 1 is 1.25 bits per heavy atom. The van der Waals surface area contributed by atoms with Gasteiger partial charge in [0, 0.05) is 43.8 Å². The van der Waals surface area contributed by atoms with Crippen LogP contribution >= 0.6 is 11.6 Å². The molecule has 0 bridgehead atoms. The normalized spacial score (nSPS) is 17.5. The molecule has 1 saturated heterocycles. The van der Waals surface area contributed by atoms with Gasteiger partial charge in [0.05, 0.1) is 6.04 Å². The van der Waals surface area contributed by atoms with E-state index in [4.69, 9.17) is 11.6 Å². The molecule has 8 heteroatoms. The fourth-order valence-electron chi connectivity index (χ4n) is 3.09. The molecule has 2 heterocycles. The number of rotatable bonds is 3. The van der Waals surface area contributed by atoms with Crippen molar-refractivity contribution in [3.8, 4) is 0 Å². The molecule has 7 nitrogen and oxygen atoms in total. The minimum absolute atomic E-state index is 0.0346. The third kappa shape index (κ3) is 3.57. The molecule has 0 spiro atoms. The summed E-state index contributed by atoms with van der Waals surface area (Å²) in [5.41, 5.74) is 0.640. The van der Waals surface area contributed by atoms with Gasteiger partial charge in [-0.15, -0.1) is 5.10 Å². The third-order valence-corrected chi connectivity index (χ3v) is 4.70. The zero-order valence-corrected chi connectivity index (χ0v) is 14.6. The van der Waals surface area contributed by atoms with Crippen LogP contribution in [0.2, 0.25) is 5.02 Å². The quantitative estimate of drug-likeness (QED) is 0.845. The Labute approximate surface area is 146 Å². The molecule has 1 aromatic heterocycles. The van der Waals surface area contributed by atoms with Crippen LogP contribution in [0, 0.1) is 0 Å². The second-order valence-electron chi connectivity index (χ2n) is 6.03. The number of nitrogens with zero attached hydrogens (tertiary/aromatic N) is 6. The lowest BCUT2D eigenvalue weighted by Gasteiger charge is -2.26. The summed E-state index contributed by atoms with van der Waals surface area (Å²) in [4.78, 5) is 16.9. The van der Waals surface area contributed by atoms with E-state index in [1.807, 2.05) is 24.1 Å². The van der Waals surface area contributed by atoms with Crippen LogP contribution in [0.15, 0.2) is 24.3 Å². The molecule has 0 N–H and O–H groups in total. The Hall–Kier alpha value is -1.99. The van der Waals surface area contributed by atoms with Gasteiger partial charge in [0.1, 0.15) is 0 Å². The van der Waals surface area contributed by atoms with Crippen molar-refractivity contribution in [2.75, 3.05) is 26.2 Å². The molecule has 1 atom stereocenters. The Morgan fingerprint density at radius 3 is 2.79 bits per heavy atom. The maximum absolute atomic E-state index is 12.7. The fraction of sp³-hybridized carbons (Fsp3) is 0.500. The number of aromatic nitrogens is 4. The van der Waals surface area contributed by atoms with E-state index < -0.39 is 0 Å². The van der Waals surface area contributed by atoms with E-state index in [-0.39, 0.29) is 11.9 Å². The maximum Gasteiger partial charge on any atom is 0.253 e. The van der Waals surface area contributed by atoms with Gasteiger partial charge in [-0.2, -0.15) is 0 Å². The molecule has 0 aliphatic carbocycles. The minimum atomic E-state index is 0.0346. The molecular weight excluding hydrogens is 328 g/mol. The second-order valence-corrected chi connectivity index (χ2v) is 6.47. The Bertz CT molecular complexity index is 718. The predicted molar refractivity (Wildman–Crippen MR) is 90.8 cm³/mol. The number of hydrogen-bond donors (Lipinski definition) is 0. The number of halogens is 1. The molecule has 1 fully saturated rings. The van der Waals surface area contributed by atoms with Gasteiger partial charge in [0.25, 0.3) is 5.91 Å². The second kappa shape index (κ2) is 7.27. The lowest BCUT2D eigenvalue weighted by atomic mass is 10.2. The highest BCUT2D eigenvalue weighted by Crippen LogP contribution is 2.20. The van der Waals surface area contributed by atoms with Crippen molar-refractivity contribution >= 4 is 17.5 Å². The van der Waals surface area contributed by atoms with Gasteiger partial charge in [-0.05, 0) is 42.0 Å². The summed E-state index contributed by atoms with van der Waals surface area (Å²) in [6, 6.07) is 7.24.